The Bertz CT molecular complexity index is 890. The summed E-state index contributed by atoms with van der Waals surface area (Å²) in [4.78, 5) is 13.6. The molecular weight excluding hydrogens is 334 g/mol. The van der Waals surface area contributed by atoms with Gasteiger partial charge in [0.2, 0.25) is 5.95 Å². The molecule has 0 amide bonds. The van der Waals surface area contributed by atoms with Gasteiger partial charge in [0.05, 0.1) is 16.2 Å². The zero-order valence-corrected chi connectivity index (χ0v) is 14.9. The quantitative estimate of drug-likeness (QED) is 0.776. The first-order chi connectivity index (χ1) is 12.2. The van der Waals surface area contributed by atoms with Gasteiger partial charge in [-0.3, -0.25) is 0 Å². The van der Waals surface area contributed by atoms with Crippen molar-refractivity contribution in [2.45, 2.75) is 0 Å². The number of hydrogen-bond acceptors (Lipinski definition) is 5. The van der Waals surface area contributed by atoms with Gasteiger partial charge < -0.3 is 15.1 Å². The maximum Gasteiger partial charge on any atom is 0.227 e. The molecule has 0 saturated carbocycles. The van der Waals surface area contributed by atoms with Gasteiger partial charge in [0.15, 0.2) is 0 Å². The third-order valence-corrected chi connectivity index (χ3v) is 4.87. The summed E-state index contributed by atoms with van der Waals surface area (Å²) in [7, 11) is 2.15. The highest BCUT2D eigenvalue weighted by Crippen LogP contribution is 2.29. The fourth-order valence-corrected chi connectivity index (χ4v) is 3.24. The number of likely N-dealkylation sites (N-methyl/N-ethyl adjacent to an activating group) is 1. The molecule has 2 heterocycles. The molecule has 1 N–H and O–H groups in total. The lowest BCUT2D eigenvalue weighted by Crippen LogP contribution is -2.44. The molecule has 25 heavy (non-hydrogen) atoms. The Kier molecular flexibility index (Phi) is 4.42. The summed E-state index contributed by atoms with van der Waals surface area (Å²) in [6.07, 6.45) is 1.82. The van der Waals surface area contributed by atoms with Gasteiger partial charge in [0, 0.05) is 43.4 Å². The van der Waals surface area contributed by atoms with Gasteiger partial charge in [0.25, 0.3) is 0 Å². The van der Waals surface area contributed by atoms with E-state index in [1.807, 2.05) is 42.6 Å². The molecule has 3 aromatic rings. The van der Waals surface area contributed by atoms with Crippen LogP contribution in [0, 0.1) is 0 Å². The van der Waals surface area contributed by atoms with E-state index in [0.717, 1.165) is 48.5 Å². The topological polar surface area (TPSA) is 44.3 Å². The lowest BCUT2D eigenvalue weighted by atomic mass is 10.2. The molecule has 1 aliphatic rings. The molecule has 4 rings (SSSR count). The summed E-state index contributed by atoms with van der Waals surface area (Å²) in [5, 5.41) is 4.91. The third kappa shape index (κ3) is 3.52. The molecule has 1 fully saturated rings. The largest absolute Gasteiger partial charge is 0.369 e. The van der Waals surface area contributed by atoms with Crippen molar-refractivity contribution in [2.75, 3.05) is 43.4 Å². The van der Waals surface area contributed by atoms with Crippen molar-refractivity contribution in [1.29, 1.82) is 0 Å². The van der Waals surface area contributed by atoms with E-state index in [4.69, 9.17) is 11.6 Å². The lowest BCUT2D eigenvalue weighted by Gasteiger charge is -2.34. The third-order valence-electron chi connectivity index (χ3n) is 4.56. The van der Waals surface area contributed by atoms with E-state index in [9.17, 15) is 0 Å². The molecule has 1 saturated heterocycles. The molecule has 0 atom stereocenters. The fourth-order valence-electron chi connectivity index (χ4n) is 3.02. The Morgan fingerprint density at radius 1 is 1.04 bits per heavy atom. The molecule has 2 aromatic carbocycles. The number of piperazine rings is 1. The fraction of sp³-hybridized carbons (Fsp3) is 0.263. The van der Waals surface area contributed by atoms with Crippen molar-refractivity contribution in [3.63, 3.8) is 0 Å². The van der Waals surface area contributed by atoms with E-state index in [-0.39, 0.29) is 0 Å². The SMILES string of the molecule is CN1CCN(c2ccc(Nc3ncc4ccccc4n3)c(Cl)c2)CC1. The molecule has 0 spiro atoms. The second-order valence-electron chi connectivity index (χ2n) is 6.33. The van der Waals surface area contributed by atoms with Crippen molar-refractivity contribution >= 4 is 39.8 Å². The summed E-state index contributed by atoms with van der Waals surface area (Å²) in [5.41, 5.74) is 2.88. The van der Waals surface area contributed by atoms with Gasteiger partial charge in [-0.25, -0.2) is 9.97 Å². The minimum Gasteiger partial charge on any atom is -0.369 e. The van der Waals surface area contributed by atoms with Gasteiger partial charge in [0.1, 0.15) is 0 Å². The van der Waals surface area contributed by atoms with Crippen molar-refractivity contribution in [3.8, 4) is 0 Å². The van der Waals surface area contributed by atoms with E-state index in [1.54, 1.807) is 0 Å². The monoisotopic (exact) mass is 353 g/mol. The number of benzene rings is 2. The zero-order chi connectivity index (χ0) is 17.2. The van der Waals surface area contributed by atoms with E-state index < -0.39 is 0 Å². The number of hydrogen-bond donors (Lipinski definition) is 1. The summed E-state index contributed by atoms with van der Waals surface area (Å²) in [6.45, 7) is 4.19. The van der Waals surface area contributed by atoms with Gasteiger partial charge in [-0.2, -0.15) is 0 Å². The van der Waals surface area contributed by atoms with Crippen LogP contribution in [0.2, 0.25) is 5.02 Å². The van der Waals surface area contributed by atoms with Crippen LogP contribution in [-0.2, 0) is 0 Å². The Hall–Kier alpha value is -2.37. The number of fused-ring (bicyclic) bond motifs is 1. The second-order valence-corrected chi connectivity index (χ2v) is 6.74. The van der Waals surface area contributed by atoms with E-state index in [1.165, 1.54) is 0 Å². The van der Waals surface area contributed by atoms with Crippen LogP contribution in [0.3, 0.4) is 0 Å². The van der Waals surface area contributed by atoms with Crippen molar-refractivity contribution in [3.05, 3.63) is 53.7 Å². The van der Waals surface area contributed by atoms with E-state index >= 15 is 0 Å². The highest BCUT2D eigenvalue weighted by atomic mass is 35.5. The van der Waals surface area contributed by atoms with Crippen molar-refractivity contribution < 1.29 is 0 Å². The first kappa shape index (κ1) is 16.1. The number of anilines is 3. The number of halogens is 1. The van der Waals surface area contributed by atoms with Crippen molar-refractivity contribution in [1.82, 2.24) is 14.9 Å². The minimum absolute atomic E-state index is 0.549. The predicted molar refractivity (Wildman–Crippen MR) is 104 cm³/mol. The minimum atomic E-state index is 0.549. The average molecular weight is 354 g/mol. The molecule has 6 heteroatoms. The number of nitrogens with one attached hydrogen (secondary N) is 1. The Morgan fingerprint density at radius 2 is 1.84 bits per heavy atom. The normalized spacial score (nSPS) is 15.5. The molecule has 128 valence electrons. The van der Waals surface area contributed by atoms with Gasteiger partial charge in [-0.05, 0) is 31.3 Å². The highest BCUT2D eigenvalue weighted by Gasteiger charge is 2.15. The van der Waals surface area contributed by atoms with Crippen LogP contribution < -0.4 is 10.2 Å². The number of rotatable bonds is 3. The predicted octanol–water partition coefficient (Wildman–Crippen LogP) is 3.78. The molecule has 1 aromatic heterocycles. The van der Waals surface area contributed by atoms with Crippen LogP contribution in [-0.4, -0.2) is 48.1 Å². The molecule has 5 nitrogen and oxygen atoms in total. The van der Waals surface area contributed by atoms with Crippen LogP contribution in [0.1, 0.15) is 0 Å². The number of aromatic nitrogens is 2. The van der Waals surface area contributed by atoms with Gasteiger partial charge in [-0.15, -0.1) is 0 Å². The first-order valence-corrected chi connectivity index (χ1v) is 8.79. The van der Waals surface area contributed by atoms with E-state index in [0.29, 0.717) is 11.0 Å². The Labute approximate surface area is 152 Å². The van der Waals surface area contributed by atoms with E-state index in [2.05, 4.69) is 38.2 Å². The summed E-state index contributed by atoms with van der Waals surface area (Å²) in [6, 6.07) is 14.0. The van der Waals surface area contributed by atoms with Crippen molar-refractivity contribution in [2.24, 2.45) is 0 Å². The average Bonchev–Trinajstić information content (AvgIpc) is 2.64. The molecular formula is C19H20ClN5. The Morgan fingerprint density at radius 3 is 2.64 bits per heavy atom. The Balaban J connectivity index is 1.54. The smallest absolute Gasteiger partial charge is 0.227 e. The zero-order valence-electron chi connectivity index (χ0n) is 14.1. The van der Waals surface area contributed by atoms with Crippen LogP contribution in [0.15, 0.2) is 48.7 Å². The standard InChI is InChI=1S/C19H20ClN5/c1-24-8-10-25(11-9-24)15-6-7-18(16(20)12-15)23-19-21-13-14-4-2-3-5-17(14)22-19/h2-7,12-13H,8-11H2,1H3,(H,21,22,23). The summed E-state index contributed by atoms with van der Waals surface area (Å²) >= 11 is 6.49. The molecule has 0 unspecified atom stereocenters. The maximum atomic E-state index is 6.49. The number of nitrogens with zero attached hydrogens (tertiary/aromatic N) is 4. The number of para-hydroxylation sites is 1. The van der Waals surface area contributed by atoms with Crippen LogP contribution in [0.5, 0.6) is 0 Å². The second kappa shape index (κ2) is 6.86. The van der Waals surface area contributed by atoms with Gasteiger partial charge in [-0.1, -0.05) is 29.8 Å². The van der Waals surface area contributed by atoms with Crippen LogP contribution in [0.4, 0.5) is 17.3 Å². The molecule has 0 bridgehead atoms. The van der Waals surface area contributed by atoms with Gasteiger partial charge >= 0.3 is 0 Å². The maximum absolute atomic E-state index is 6.49. The summed E-state index contributed by atoms with van der Waals surface area (Å²) in [5.74, 6) is 0.549. The molecule has 0 radical (unpaired) electrons. The first-order valence-electron chi connectivity index (χ1n) is 8.41. The van der Waals surface area contributed by atoms with Crippen LogP contribution in [0.25, 0.3) is 10.9 Å². The molecule has 1 aliphatic heterocycles. The summed E-state index contributed by atoms with van der Waals surface area (Å²) < 4.78 is 0. The van der Waals surface area contributed by atoms with Crippen LogP contribution >= 0.6 is 11.6 Å². The highest BCUT2D eigenvalue weighted by molar-refractivity contribution is 6.33. The molecule has 0 aliphatic carbocycles. The lowest BCUT2D eigenvalue weighted by molar-refractivity contribution is 0.313.